The van der Waals surface area contributed by atoms with E-state index in [1.165, 1.54) is 24.3 Å². The van der Waals surface area contributed by atoms with Gasteiger partial charge in [0.15, 0.2) is 0 Å². The van der Waals surface area contributed by atoms with Crippen LogP contribution in [0.3, 0.4) is 0 Å². The molecule has 0 aromatic heterocycles. The van der Waals surface area contributed by atoms with E-state index in [4.69, 9.17) is 0 Å². The van der Waals surface area contributed by atoms with Crippen molar-refractivity contribution in [3.05, 3.63) is 85.0 Å². The van der Waals surface area contributed by atoms with E-state index in [0.717, 1.165) is 11.1 Å². The van der Waals surface area contributed by atoms with Gasteiger partial charge in [0, 0.05) is 26.2 Å². The highest BCUT2D eigenvalue weighted by Gasteiger charge is 2.30. The monoisotopic (exact) mass is 506 g/mol. The number of hydrogen-bond donors (Lipinski definition) is 4. The van der Waals surface area contributed by atoms with Gasteiger partial charge in [-0.1, -0.05) is 47.5 Å². The van der Waals surface area contributed by atoms with Gasteiger partial charge in [0.1, 0.15) is 0 Å². The number of hydrogen-bond acceptors (Lipinski definition) is 6. The van der Waals surface area contributed by atoms with Gasteiger partial charge in [0.05, 0.1) is 21.9 Å². The molecule has 2 rings (SSSR count). The summed E-state index contributed by atoms with van der Waals surface area (Å²) in [7, 11) is -7.83. The number of benzene rings is 2. The van der Waals surface area contributed by atoms with Crippen molar-refractivity contribution in [1.82, 2.24) is 20.1 Å². The van der Waals surface area contributed by atoms with Gasteiger partial charge in [-0.15, -0.1) is 13.2 Å². The van der Waals surface area contributed by atoms with E-state index in [2.05, 4.69) is 33.2 Å². The van der Waals surface area contributed by atoms with Crippen LogP contribution in [0.4, 0.5) is 0 Å². The predicted octanol–water partition coefficient (Wildman–Crippen LogP) is 1.85. The fourth-order valence-electron chi connectivity index (χ4n) is 3.18. The normalized spacial score (nSPS) is 13.8. The van der Waals surface area contributed by atoms with Gasteiger partial charge in [0.2, 0.25) is 20.0 Å². The Balaban J connectivity index is 2.37. The molecule has 0 fully saturated rings. The van der Waals surface area contributed by atoms with E-state index in [0.29, 0.717) is 13.1 Å². The molecule has 0 saturated heterocycles. The molecule has 0 aliphatic rings. The highest BCUT2D eigenvalue weighted by Crippen LogP contribution is 2.14. The van der Waals surface area contributed by atoms with Crippen molar-refractivity contribution in [1.29, 1.82) is 0 Å². The first-order valence-electron chi connectivity index (χ1n) is 10.9. The van der Waals surface area contributed by atoms with Crippen molar-refractivity contribution < 1.29 is 16.8 Å². The molecule has 0 saturated carbocycles. The molecular weight excluding hydrogens is 472 g/mol. The highest BCUT2D eigenvalue weighted by molar-refractivity contribution is 7.90. The second-order valence-corrected chi connectivity index (χ2v) is 11.4. The van der Waals surface area contributed by atoms with E-state index in [1.54, 1.807) is 36.4 Å². The predicted molar refractivity (Wildman–Crippen MR) is 137 cm³/mol. The molecule has 8 nitrogen and oxygen atoms in total. The topological polar surface area (TPSA) is 116 Å². The minimum atomic E-state index is -3.91. The lowest BCUT2D eigenvalue weighted by Crippen LogP contribution is -2.59. The first-order chi connectivity index (χ1) is 16.1. The average Bonchev–Trinajstić information content (AvgIpc) is 2.78. The SMILES string of the molecule is C=CCNC[C@H](NS(=O)(=O)c1ccc(C)cc1)[C@H](CNCC=C)NS(=O)(=O)c1ccc(C)cc1. The molecule has 0 unspecified atom stereocenters. The van der Waals surface area contributed by atoms with Gasteiger partial charge in [0.25, 0.3) is 0 Å². The Bertz CT molecular complexity index is 1050. The number of sulfonamides is 2. The van der Waals surface area contributed by atoms with Crippen LogP contribution < -0.4 is 20.1 Å². The third kappa shape index (κ3) is 8.46. The zero-order valence-electron chi connectivity index (χ0n) is 19.6. The zero-order chi connectivity index (χ0) is 25.2. The van der Waals surface area contributed by atoms with E-state index < -0.39 is 32.1 Å². The number of aryl methyl sites for hydroxylation is 2. The average molecular weight is 507 g/mol. The second kappa shape index (κ2) is 12.9. The summed E-state index contributed by atoms with van der Waals surface area (Å²) in [5, 5.41) is 6.19. The van der Waals surface area contributed by atoms with Crippen LogP contribution in [0.1, 0.15) is 11.1 Å². The Labute approximate surface area is 203 Å². The Kier molecular flexibility index (Phi) is 10.6. The van der Waals surface area contributed by atoms with Crippen LogP contribution in [0, 0.1) is 13.8 Å². The maximum atomic E-state index is 13.1. The van der Waals surface area contributed by atoms with Crippen LogP contribution in [-0.4, -0.2) is 55.1 Å². The van der Waals surface area contributed by atoms with E-state index >= 15 is 0 Å². The Morgan fingerprint density at radius 1 is 0.676 bits per heavy atom. The standard InChI is InChI=1S/C24H34N4O4S2/c1-5-15-25-17-23(27-33(29,30)21-11-7-19(3)8-12-21)24(18-26-16-6-2)28-34(31,32)22-13-9-20(4)10-14-22/h5-14,23-28H,1-2,15-18H2,3-4H3/t23-,24-/m0/s1. The molecule has 0 aliphatic heterocycles. The molecule has 34 heavy (non-hydrogen) atoms. The van der Waals surface area contributed by atoms with Crippen molar-refractivity contribution in [2.45, 2.75) is 35.7 Å². The molecule has 0 radical (unpaired) electrons. The molecule has 186 valence electrons. The first-order valence-corrected chi connectivity index (χ1v) is 13.9. The van der Waals surface area contributed by atoms with Crippen molar-refractivity contribution in [3.63, 3.8) is 0 Å². The minimum absolute atomic E-state index is 0.103. The van der Waals surface area contributed by atoms with Gasteiger partial charge in [-0.25, -0.2) is 26.3 Å². The molecule has 0 amide bonds. The van der Waals surface area contributed by atoms with Gasteiger partial charge in [-0.3, -0.25) is 0 Å². The molecular formula is C24H34N4O4S2. The van der Waals surface area contributed by atoms with E-state index in [-0.39, 0.29) is 22.9 Å². The summed E-state index contributed by atoms with van der Waals surface area (Å²) in [6.45, 7) is 12.3. The van der Waals surface area contributed by atoms with Crippen molar-refractivity contribution in [2.24, 2.45) is 0 Å². The summed E-state index contributed by atoms with van der Waals surface area (Å²) in [5.74, 6) is 0. The first kappa shape index (κ1) is 27.9. The number of rotatable bonds is 15. The van der Waals surface area contributed by atoms with Crippen LogP contribution in [0.2, 0.25) is 0 Å². The van der Waals surface area contributed by atoms with Gasteiger partial charge in [-0.05, 0) is 38.1 Å². The summed E-state index contributed by atoms with van der Waals surface area (Å²) >= 11 is 0. The summed E-state index contributed by atoms with van der Waals surface area (Å²) in [6, 6.07) is 11.3. The van der Waals surface area contributed by atoms with Crippen LogP contribution in [0.25, 0.3) is 0 Å². The molecule has 2 aromatic rings. The zero-order valence-corrected chi connectivity index (χ0v) is 21.3. The van der Waals surface area contributed by atoms with Crippen LogP contribution in [-0.2, 0) is 20.0 Å². The van der Waals surface area contributed by atoms with E-state index in [1.807, 2.05) is 13.8 Å². The van der Waals surface area contributed by atoms with Gasteiger partial charge < -0.3 is 10.6 Å². The molecule has 0 bridgehead atoms. The maximum Gasteiger partial charge on any atom is 0.240 e. The lowest BCUT2D eigenvalue weighted by Gasteiger charge is -2.29. The largest absolute Gasteiger partial charge is 0.312 e. The molecule has 4 N–H and O–H groups in total. The van der Waals surface area contributed by atoms with Crippen molar-refractivity contribution in [3.8, 4) is 0 Å². The fraction of sp³-hybridized carbons (Fsp3) is 0.333. The van der Waals surface area contributed by atoms with E-state index in [9.17, 15) is 16.8 Å². The molecule has 2 aromatic carbocycles. The fourth-order valence-corrected chi connectivity index (χ4v) is 5.74. The quantitative estimate of drug-likeness (QED) is 0.216. The summed E-state index contributed by atoms with van der Waals surface area (Å²) in [5.41, 5.74) is 1.86. The minimum Gasteiger partial charge on any atom is -0.312 e. The van der Waals surface area contributed by atoms with Gasteiger partial charge >= 0.3 is 0 Å². The summed E-state index contributed by atoms with van der Waals surface area (Å²) in [4.78, 5) is 0.206. The number of nitrogens with one attached hydrogen (secondary N) is 4. The molecule has 10 heteroatoms. The third-order valence-corrected chi connectivity index (χ3v) is 8.08. The van der Waals surface area contributed by atoms with Crippen molar-refractivity contribution >= 4 is 20.0 Å². The lowest BCUT2D eigenvalue weighted by atomic mass is 10.1. The Morgan fingerprint density at radius 3 is 1.29 bits per heavy atom. The summed E-state index contributed by atoms with van der Waals surface area (Å²) < 4.78 is 57.8. The van der Waals surface area contributed by atoms with Crippen molar-refractivity contribution in [2.75, 3.05) is 26.2 Å². The highest BCUT2D eigenvalue weighted by atomic mass is 32.2. The Morgan fingerprint density at radius 2 is 1.00 bits per heavy atom. The van der Waals surface area contributed by atoms with Crippen LogP contribution in [0.5, 0.6) is 0 Å². The maximum absolute atomic E-state index is 13.1. The van der Waals surface area contributed by atoms with Gasteiger partial charge in [-0.2, -0.15) is 0 Å². The van der Waals surface area contributed by atoms with Crippen LogP contribution in [0.15, 0.2) is 83.6 Å². The molecule has 0 aliphatic carbocycles. The second-order valence-electron chi connectivity index (χ2n) is 7.98. The third-order valence-electron chi connectivity index (χ3n) is 5.07. The molecule has 0 heterocycles. The molecule has 2 atom stereocenters. The summed E-state index contributed by atoms with van der Waals surface area (Å²) in [6.07, 6.45) is 3.29. The Hall–Kier alpha value is -2.34. The lowest BCUT2D eigenvalue weighted by molar-refractivity contribution is 0.413. The molecule has 0 spiro atoms. The van der Waals surface area contributed by atoms with Crippen LogP contribution >= 0.6 is 0 Å². The smallest absolute Gasteiger partial charge is 0.240 e.